The Hall–Kier alpha value is -3.56. The number of likely N-dealkylation sites (N-methyl/N-ethyl adjacent to an activating group) is 1. The van der Waals surface area contributed by atoms with Crippen LogP contribution in [-0.2, 0) is 25.7 Å². The number of aliphatic hydroxyl groups excluding tert-OH is 1. The van der Waals surface area contributed by atoms with Crippen LogP contribution in [0.4, 0.5) is 5.69 Å². The van der Waals surface area contributed by atoms with Crippen LogP contribution in [0.15, 0.2) is 78.9 Å². The van der Waals surface area contributed by atoms with Crippen LogP contribution in [0.5, 0.6) is 0 Å². The maximum Gasteiger partial charge on any atom is 0.303 e. The summed E-state index contributed by atoms with van der Waals surface area (Å²) in [6, 6.07) is 25.8. The van der Waals surface area contributed by atoms with E-state index in [2.05, 4.69) is 48.5 Å². The number of nitrogens with zero attached hydrogens (tertiary/aromatic N) is 1. The van der Waals surface area contributed by atoms with E-state index in [0.29, 0.717) is 25.1 Å². The molecular weight excluding hydrogens is 508 g/mol. The smallest absolute Gasteiger partial charge is 0.303 e. The monoisotopic (exact) mass is 546 g/mol. The molecule has 0 aromatic heterocycles. The van der Waals surface area contributed by atoms with Crippen LogP contribution in [0.3, 0.4) is 0 Å². The fourth-order valence-corrected chi connectivity index (χ4v) is 4.85. The van der Waals surface area contributed by atoms with Crippen LogP contribution < -0.4 is 5.32 Å². The van der Waals surface area contributed by atoms with Crippen molar-refractivity contribution in [3.8, 4) is 0 Å². The number of carbonyl (C=O) groups is 2. The van der Waals surface area contributed by atoms with Crippen molar-refractivity contribution in [3.05, 3.63) is 101 Å². The standard InChI is InChI=1S/C32H38N2O6/c1-22(24-7-4-3-5-8-24)34(2)20-28-19-29(25-13-11-23(21-35)12-14-25)40-32(39-28)26-15-17-27(18-16-26)33-30(36)9-6-10-31(37)38/h3-5,7-8,11-18,22,28-29,32,35H,6,9-10,19-21H2,1-2H3,(H,33,36)(H,37,38). The first-order valence-electron chi connectivity index (χ1n) is 13.7. The van der Waals surface area contributed by atoms with E-state index < -0.39 is 12.3 Å². The molecule has 3 aromatic rings. The van der Waals surface area contributed by atoms with Gasteiger partial charge in [-0.25, -0.2) is 0 Å². The fraction of sp³-hybridized carbons (Fsp3) is 0.375. The minimum Gasteiger partial charge on any atom is -0.481 e. The average Bonchev–Trinajstić information content (AvgIpc) is 2.97. The molecule has 4 atom stereocenters. The van der Waals surface area contributed by atoms with Gasteiger partial charge in [-0.15, -0.1) is 0 Å². The second-order valence-electron chi connectivity index (χ2n) is 10.3. The lowest BCUT2D eigenvalue weighted by atomic mass is 9.99. The van der Waals surface area contributed by atoms with Crippen LogP contribution >= 0.6 is 0 Å². The molecule has 0 saturated carbocycles. The number of benzene rings is 3. The molecule has 3 aromatic carbocycles. The number of aliphatic carboxylic acids is 1. The van der Waals surface area contributed by atoms with Crippen molar-refractivity contribution >= 4 is 17.6 Å². The Morgan fingerprint density at radius 1 is 0.950 bits per heavy atom. The molecule has 1 aliphatic heterocycles. The van der Waals surface area contributed by atoms with Gasteiger partial charge in [-0.3, -0.25) is 14.5 Å². The molecule has 8 heteroatoms. The van der Waals surface area contributed by atoms with Gasteiger partial charge < -0.3 is 25.0 Å². The zero-order valence-electron chi connectivity index (χ0n) is 23.0. The molecule has 4 unspecified atom stereocenters. The SMILES string of the molecule is CC(c1ccccc1)N(C)CC1CC(c2ccc(CO)cc2)OC(c2ccc(NC(=O)CCCC(=O)O)cc2)O1. The third kappa shape index (κ3) is 8.22. The van der Waals surface area contributed by atoms with Crippen molar-refractivity contribution in [3.63, 3.8) is 0 Å². The highest BCUT2D eigenvalue weighted by atomic mass is 16.7. The summed E-state index contributed by atoms with van der Waals surface area (Å²) in [5.74, 6) is -1.13. The topological polar surface area (TPSA) is 108 Å². The zero-order chi connectivity index (χ0) is 28.5. The molecule has 0 bridgehead atoms. The Morgan fingerprint density at radius 3 is 2.27 bits per heavy atom. The van der Waals surface area contributed by atoms with E-state index in [1.54, 1.807) is 12.1 Å². The van der Waals surface area contributed by atoms with E-state index in [0.717, 1.165) is 16.7 Å². The maximum absolute atomic E-state index is 12.2. The van der Waals surface area contributed by atoms with Gasteiger partial charge in [0.25, 0.3) is 0 Å². The Kier molecular flexibility index (Phi) is 10.4. The predicted molar refractivity (Wildman–Crippen MR) is 152 cm³/mol. The van der Waals surface area contributed by atoms with Crippen LogP contribution in [0, 0.1) is 0 Å². The first kappa shape index (κ1) is 29.4. The van der Waals surface area contributed by atoms with Gasteiger partial charge >= 0.3 is 5.97 Å². The number of carbonyl (C=O) groups excluding carboxylic acids is 1. The van der Waals surface area contributed by atoms with Gasteiger partial charge in [0.2, 0.25) is 5.91 Å². The molecule has 8 nitrogen and oxygen atoms in total. The van der Waals surface area contributed by atoms with Crippen molar-refractivity contribution in [1.29, 1.82) is 0 Å². The second kappa shape index (κ2) is 14.2. The number of carboxylic acids is 1. The number of nitrogens with one attached hydrogen (secondary N) is 1. The predicted octanol–water partition coefficient (Wildman–Crippen LogP) is 5.61. The van der Waals surface area contributed by atoms with E-state index >= 15 is 0 Å². The van der Waals surface area contributed by atoms with Crippen LogP contribution in [0.2, 0.25) is 0 Å². The van der Waals surface area contributed by atoms with E-state index in [-0.39, 0.29) is 43.6 Å². The molecule has 4 rings (SSSR count). The molecule has 212 valence electrons. The lowest BCUT2D eigenvalue weighted by Gasteiger charge is -2.39. The number of rotatable bonds is 12. The van der Waals surface area contributed by atoms with Crippen LogP contribution in [0.25, 0.3) is 0 Å². The van der Waals surface area contributed by atoms with Gasteiger partial charge in [0, 0.05) is 43.1 Å². The summed E-state index contributed by atoms with van der Waals surface area (Å²) >= 11 is 0. The number of carboxylic acid groups (broad SMARTS) is 1. The molecule has 1 saturated heterocycles. The second-order valence-corrected chi connectivity index (χ2v) is 10.3. The summed E-state index contributed by atoms with van der Waals surface area (Å²) in [6.45, 7) is 2.89. The average molecular weight is 547 g/mol. The number of hydrogen-bond acceptors (Lipinski definition) is 6. The van der Waals surface area contributed by atoms with Crippen LogP contribution in [-0.4, -0.2) is 46.7 Å². The molecule has 1 aliphatic rings. The van der Waals surface area contributed by atoms with Crippen molar-refractivity contribution in [2.45, 2.75) is 63.8 Å². The number of amides is 1. The molecule has 3 N–H and O–H groups in total. The fourth-order valence-electron chi connectivity index (χ4n) is 4.85. The molecule has 40 heavy (non-hydrogen) atoms. The summed E-state index contributed by atoms with van der Waals surface area (Å²) in [5.41, 5.74) is 4.58. The lowest BCUT2D eigenvalue weighted by molar-refractivity contribution is -0.253. The molecule has 0 radical (unpaired) electrons. The first-order valence-corrected chi connectivity index (χ1v) is 13.7. The number of ether oxygens (including phenoxy) is 2. The maximum atomic E-state index is 12.2. The van der Waals surface area contributed by atoms with E-state index in [9.17, 15) is 14.7 Å². The third-order valence-corrected chi connectivity index (χ3v) is 7.31. The molecule has 1 amide bonds. The van der Waals surface area contributed by atoms with Gasteiger partial charge in [0.05, 0.1) is 18.8 Å². The summed E-state index contributed by atoms with van der Waals surface area (Å²) in [4.78, 5) is 25.1. The third-order valence-electron chi connectivity index (χ3n) is 7.31. The number of hydrogen-bond donors (Lipinski definition) is 3. The number of anilines is 1. The summed E-state index contributed by atoms with van der Waals surface area (Å²) in [6.07, 6.45) is 0.218. The highest BCUT2D eigenvalue weighted by Crippen LogP contribution is 2.39. The lowest BCUT2D eigenvalue weighted by Crippen LogP contribution is -2.38. The molecule has 0 spiro atoms. The van der Waals surface area contributed by atoms with Crippen molar-refractivity contribution < 1.29 is 29.3 Å². The Bertz CT molecular complexity index is 1230. The Labute approximate surface area is 235 Å². The minimum atomic E-state index is -0.911. The van der Waals surface area contributed by atoms with Gasteiger partial charge in [-0.05, 0) is 49.2 Å². The quantitative estimate of drug-likeness (QED) is 0.271. The van der Waals surface area contributed by atoms with E-state index in [1.807, 2.05) is 42.5 Å². The summed E-state index contributed by atoms with van der Waals surface area (Å²) in [5, 5.41) is 21.0. The molecule has 1 heterocycles. The van der Waals surface area contributed by atoms with E-state index in [1.165, 1.54) is 5.56 Å². The van der Waals surface area contributed by atoms with Crippen molar-refractivity contribution in [2.24, 2.45) is 0 Å². The highest BCUT2D eigenvalue weighted by Gasteiger charge is 2.33. The van der Waals surface area contributed by atoms with Gasteiger partial charge in [-0.2, -0.15) is 0 Å². The normalized spacial score (nSPS) is 19.8. The van der Waals surface area contributed by atoms with Gasteiger partial charge in [0.1, 0.15) is 0 Å². The molecular formula is C32H38N2O6. The first-order chi connectivity index (χ1) is 19.3. The summed E-state index contributed by atoms with van der Waals surface area (Å²) < 4.78 is 12.9. The van der Waals surface area contributed by atoms with Crippen LogP contribution in [0.1, 0.15) is 73.3 Å². The highest BCUT2D eigenvalue weighted by molar-refractivity contribution is 5.90. The largest absolute Gasteiger partial charge is 0.481 e. The molecule has 0 aliphatic carbocycles. The Balaban J connectivity index is 1.46. The Morgan fingerprint density at radius 2 is 1.62 bits per heavy atom. The van der Waals surface area contributed by atoms with Crippen molar-refractivity contribution in [2.75, 3.05) is 18.9 Å². The zero-order valence-corrected chi connectivity index (χ0v) is 23.0. The van der Waals surface area contributed by atoms with Gasteiger partial charge in [-0.1, -0.05) is 66.7 Å². The summed E-state index contributed by atoms with van der Waals surface area (Å²) in [7, 11) is 2.10. The van der Waals surface area contributed by atoms with E-state index in [4.69, 9.17) is 14.6 Å². The number of aliphatic hydroxyl groups is 1. The molecule has 1 fully saturated rings. The minimum absolute atomic E-state index is 0.00915. The van der Waals surface area contributed by atoms with Crippen molar-refractivity contribution in [1.82, 2.24) is 4.90 Å². The van der Waals surface area contributed by atoms with Gasteiger partial charge in [0.15, 0.2) is 6.29 Å².